The van der Waals surface area contributed by atoms with Crippen molar-refractivity contribution in [2.75, 3.05) is 33.0 Å². The summed E-state index contributed by atoms with van der Waals surface area (Å²) in [6, 6.07) is 20.3. The molecule has 3 rings (SSSR count). The van der Waals surface area contributed by atoms with E-state index in [4.69, 9.17) is 0 Å². The summed E-state index contributed by atoms with van der Waals surface area (Å²) in [4.78, 5) is 19.4. The fourth-order valence-corrected chi connectivity index (χ4v) is 4.74. The smallest absolute Gasteiger partial charge is 0.254 e. The Kier molecular flexibility index (Phi) is 8.64. The maximum Gasteiger partial charge on any atom is 0.254 e. The van der Waals surface area contributed by atoms with E-state index in [9.17, 15) is 13.2 Å². The highest BCUT2D eigenvalue weighted by atomic mass is 32.2. The van der Waals surface area contributed by atoms with Gasteiger partial charge in [-0.2, -0.15) is 0 Å². The Balaban J connectivity index is 1.85. The number of sulfonamides is 1. The van der Waals surface area contributed by atoms with Crippen molar-refractivity contribution in [2.45, 2.75) is 37.1 Å². The lowest BCUT2D eigenvalue weighted by atomic mass is 9.98. The number of nitrogens with one attached hydrogen (secondary N) is 1. The molecule has 0 unspecified atom stereocenters. The van der Waals surface area contributed by atoms with E-state index in [1.807, 2.05) is 43.3 Å². The van der Waals surface area contributed by atoms with Gasteiger partial charge in [0.1, 0.15) is 0 Å². The van der Waals surface area contributed by atoms with Crippen molar-refractivity contribution in [1.82, 2.24) is 14.2 Å². The summed E-state index contributed by atoms with van der Waals surface area (Å²) in [5.74, 6) is 0.0588. The quantitative estimate of drug-likeness (QED) is 0.439. The average Bonchev–Trinajstić information content (AvgIpc) is 2.88. The molecule has 2 aromatic carbocycles. The monoisotopic (exact) mass is 494 g/mol. The minimum absolute atomic E-state index is 0.0749. The van der Waals surface area contributed by atoms with Crippen LogP contribution in [-0.4, -0.2) is 56.2 Å². The second kappa shape index (κ2) is 11.5. The van der Waals surface area contributed by atoms with Crippen molar-refractivity contribution >= 4 is 21.6 Å². The first-order valence-corrected chi connectivity index (χ1v) is 13.1. The Morgan fingerprint density at radius 2 is 1.66 bits per heavy atom. The van der Waals surface area contributed by atoms with E-state index < -0.39 is 10.0 Å². The molecule has 0 aliphatic carbocycles. The maximum absolute atomic E-state index is 13.4. The summed E-state index contributed by atoms with van der Waals surface area (Å²) in [5.41, 5.74) is 2.90. The number of anilines is 1. The van der Waals surface area contributed by atoms with Crippen LogP contribution in [0.15, 0.2) is 77.8 Å². The highest BCUT2D eigenvalue weighted by molar-refractivity contribution is 7.89. The van der Waals surface area contributed by atoms with Crippen LogP contribution in [0.2, 0.25) is 0 Å². The van der Waals surface area contributed by atoms with Gasteiger partial charge in [0.25, 0.3) is 5.91 Å². The van der Waals surface area contributed by atoms with E-state index in [2.05, 4.69) is 29.4 Å². The Bertz CT molecular complexity index is 1230. The molecule has 2 atom stereocenters. The molecule has 0 aliphatic rings. The van der Waals surface area contributed by atoms with E-state index in [1.54, 1.807) is 30.3 Å². The van der Waals surface area contributed by atoms with Crippen molar-refractivity contribution in [3.05, 3.63) is 89.7 Å². The Morgan fingerprint density at radius 1 is 0.971 bits per heavy atom. The molecule has 186 valence electrons. The van der Waals surface area contributed by atoms with Crippen molar-refractivity contribution in [3.8, 4) is 0 Å². The summed E-state index contributed by atoms with van der Waals surface area (Å²) in [5, 5.41) is 3.33. The predicted molar refractivity (Wildman–Crippen MR) is 140 cm³/mol. The molecular weight excluding hydrogens is 460 g/mol. The van der Waals surface area contributed by atoms with Crippen LogP contribution < -0.4 is 5.32 Å². The molecule has 1 amide bonds. The van der Waals surface area contributed by atoms with Gasteiger partial charge in [0.2, 0.25) is 10.0 Å². The second-order valence-electron chi connectivity index (χ2n) is 8.91. The number of pyridine rings is 1. The summed E-state index contributed by atoms with van der Waals surface area (Å²) >= 11 is 0. The van der Waals surface area contributed by atoms with E-state index in [-0.39, 0.29) is 16.8 Å². The molecular formula is C27H34N4O3S. The lowest BCUT2D eigenvalue weighted by molar-refractivity contribution is 0.0739. The molecule has 35 heavy (non-hydrogen) atoms. The van der Waals surface area contributed by atoms with Crippen LogP contribution in [0.1, 0.15) is 53.8 Å². The van der Waals surface area contributed by atoms with Crippen LogP contribution in [0.5, 0.6) is 0 Å². The van der Waals surface area contributed by atoms with Crippen molar-refractivity contribution < 1.29 is 13.2 Å². The van der Waals surface area contributed by atoms with Gasteiger partial charge in [0.05, 0.1) is 16.6 Å². The van der Waals surface area contributed by atoms with Gasteiger partial charge in [-0.05, 0) is 55.2 Å². The lowest BCUT2D eigenvalue weighted by Gasteiger charge is -2.25. The van der Waals surface area contributed by atoms with Gasteiger partial charge in [-0.15, -0.1) is 0 Å². The van der Waals surface area contributed by atoms with Crippen LogP contribution in [-0.2, 0) is 10.0 Å². The summed E-state index contributed by atoms with van der Waals surface area (Å²) in [6.07, 6.45) is 2.54. The molecule has 1 N–H and O–H groups in total. The largest absolute Gasteiger partial charge is 0.385 e. The van der Waals surface area contributed by atoms with Gasteiger partial charge in [0, 0.05) is 45.1 Å². The zero-order chi connectivity index (χ0) is 25.6. The van der Waals surface area contributed by atoms with Crippen molar-refractivity contribution in [2.24, 2.45) is 0 Å². The van der Waals surface area contributed by atoms with Gasteiger partial charge in [-0.3, -0.25) is 9.78 Å². The second-order valence-corrected chi connectivity index (χ2v) is 11.1. The molecule has 8 heteroatoms. The molecule has 0 spiro atoms. The Morgan fingerprint density at radius 3 is 2.29 bits per heavy atom. The summed E-state index contributed by atoms with van der Waals surface area (Å²) in [7, 11) is 0.930. The normalized spacial score (nSPS) is 13.3. The predicted octanol–water partition coefficient (Wildman–Crippen LogP) is 4.77. The fraction of sp³-hybridized carbons (Fsp3) is 0.333. The number of nitrogens with zero attached hydrogens (tertiary/aromatic N) is 3. The molecule has 0 saturated carbocycles. The van der Waals surface area contributed by atoms with Gasteiger partial charge in [-0.1, -0.05) is 43.3 Å². The highest BCUT2D eigenvalue weighted by Crippen LogP contribution is 2.25. The molecule has 0 aliphatic heterocycles. The van der Waals surface area contributed by atoms with Crippen LogP contribution in [0.4, 0.5) is 5.69 Å². The zero-order valence-electron chi connectivity index (χ0n) is 21.0. The average molecular weight is 495 g/mol. The number of carbonyl (C=O) groups excluding carboxylic acids is 1. The van der Waals surface area contributed by atoms with E-state index in [0.29, 0.717) is 23.7 Å². The maximum atomic E-state index is 13.4. The Hall–Kier alpha value is -3.23. The third-order valence-corrected chi connectivity index (χ3v) is 8.02. The third kappa shape index (κ3) is 6.46. The summed E-state index contributed by atoms with van der Waals surface area (Å²) < 4.78 is 27.0. The first kappa shape index (κ1) is 26.4. The van der Waals surface area contributed by atoms with Crippen molar-refractivity contribution in [3.63, 3.8) is 0 Å². The first-order valence-electron chi connectivity index (χ1n) is 11.7. The molecule has 3 aromatic rings. The summed E-state index contributed by atoms with van der Waals surface area (Å²) in [6.45, 7) is 4.69. The minimum atomic E-state index is -3.73. The molecule has 0 bridgehead atoms. The third-order valence-electron chi connectivity index (χ3n) is 6.22. The van der Waals surface area contributed by atoms with Gasteiger partial charge in [0.15, 0.2) is 0 Å². The molecule has 0 radical (unpaired) electrons. The lowest BCUT2D eigenvalue weighted by Crippen LogP contribution is -2.30. The van der Waals surface area contributed by atoms with E-state index in [0.717, 1.165) is 16.4 Å². The number of aromatic nitrogens is 1. The number of hydrogen-bond donors (Lipinski definition) is 1. The van der Waals surface area contributed by atoms with Gasteiger partial charge in [-0.25, -0.2) is 12.7 Å². The van der Waals surface area contributed by atoms with Crippen LogP contribution >= 0.6 is 0 Å². The fourth-order valence-electron chi connectivity index (χ4n) is 3.77. The molecule has 1 heterocycles. The van der Waals surface area contributed by atoms with E-state index in [1.165, 1.54) is 25.7 Å². The standard InChI is InChI=1S/C27H34N4O3S/c1-20(22-11-7-6-8-12-22)14-16-28-24-17-23(18-25(19-24)35(33,34)30(3)4)27(32)31(5)21(2)26-13-9-10-15-29-26/h6-13,15,17-21,28H,14,16H2,1-5H3/t20-,21-/m1/s1. The number of carbonyl (C=O) groups is 1. The molecule has 1 aromatic heterocycles. The topological polar surface area (TPSA) is 82.6 Å². The number of amides is 1. The first-order chi connectivity index (χ1) is 16.6. The van der Waals surface area contributed by atoms with Crippen LogP contribution in [0, 0.1) is 0 Å². The number of benzene rings is 2. The van der Waals surface area contributed by atoms with Crippen LogP contribution in [0.3, 0.4) is 0 Å². The molecule has 0 saturated heterocycles. The number of hydrogen-bond acceptors (Lipinski definition) is 5. The molecule has 0 fully saturated rings. The minimum Gasteiger partial charge on any atom is -0.385 e. The highest BCUT2D eigenvalue weighted by Gasteiger charge is 2.24. The Labute approximate surface area is 208 Å². The van der Waals surface area contributed by atoms with Crippen LogP contribution in [0.25, 0.3) is 0 Å². The molecule has 7 nitrogen and oxygen atoms in total. The number of rotatable bonds is 10. The van der Waals surface area contributed by atoms with Crippen molar-refractivity contribution in [1.29, 1.82) is 0 Å². The zero-order valence-corrected chi connectivity index (χ0v) is 21.8. The van der Waals surface area contributed by atoms with E-state index >= 15 is 0 Å². The van der Waals surface area contributed by atoms with Gasteiger partial charge >= 0.3 is 0 Å². The SMILES string of the molecule is C[C@H](CCNc1cc(C(=O)N(C)[C@H](C)c2ccccn2)cc(S(=O)(=O)N(C)C)c1)c1ccccc1. The van der Waals surface area contributed by atoms with Gasteiger partial charge < -0.3 is 10.2 Å².